The van der Waals surface area contributed by atoms with Crippen molar-refractivity contribution < 1.29 is 31.1 Å². The van der Waals surface area contributed by atoms with Gasteiger partial charge in [-0.15, -0.1) is 0 Å². The Hall–Kier alpha value is -2.78. The molecule has 2 rings (SSSR count). The number of H-pyrrole nitrogens is 1. The lowest BCUT2D eigenvalue weighted by atomic mass is 10.1. The zero-order chi connectivity index (χ0) is 19.7. The summed E-state index contributed by atoms with van der Waals surface area (Å²) in [5.74, 6) is -1.00. The number of halogens is 6. The molecule has 0 bridgehead atoms. The van der Waals surface area contributed by atoms with Crippen LogP contribution in [0.4, 0.5) is 26.3 Å². The minimum Gasteiger partial charge on any atom is -0.337 e. The number of nitrogens with zero attached hydrogens (tertiary/aromatic N) is 1. The van der Waals surface area contributed by atoms with Crippen LogP contribution in [0.5, 0.6) is 0 Å². The van der Waals surface area contributed by atoms with Gasteiger partial charge in [-0.3, -0.25) is 9.59 Å². The van der Waals surface area contributed by atoms with Crippen LogP contribution in [0.15, 0.2) is 41.2 Å². The fraction of sp³-hybridized carbons (Fsp3) is 0.250. The van der Waals surface area contributed by atoms with Crippen molar-refractivity contribution in [1.82, 2.24) is 9.88 Å². The molecule has 26 heavy (non-hydrogen) atoms. The summed E-state index contributed by atoms with van der Waals surface area (Å²) in [6, 6.07) is 5.77. The summed E-state index contributed by atoms with van der Waals surface area (Å²) < 4.78 is 76.5. The number of hydrogen-bond donors (Lipinski definition) is 1. The van der Waals surface area contributed by atoms with E-state index in [1.807, 2.05) is 0 Å². The molecule has 0 aliphatic rings. The highest BCUT2D eigenvalue weighted by molar-refractivity contribution is 5.93. The van der Waals surface area contributed by atoms with Gasteiger partial charge in [-0.25, -0.2) is 0 Å². The van der Waals surface area contributed by atoms with Crippen molar-refractivity contribution in [3.8, 4) is 0 Å². The molecule has 140 valence electrons. The normalized spacial score (nSPS) is 12.1. The van der Waals surface area contributed by atoms with Gasteiger partial charge in [0.1, 0.15) is 11.3 Å². The van der Waals surface area contributed by atoms with Gasteiger partial charge in [0.15, 0.2) is 0 Å². The number of aromatic nitrogens is 1. The number of nitrogens with one attached hydrogen (secondary N) is 1. The number of carbonyl (C=O) groups excluding carboxylic acids is 1. The molecule has 0 aliphatic carbocycles. The van der Waals surface area contributed by atoms with Crippen LogP contribution in [0.2, 0.25) is 0 Å². The van der Waals surface area contributed by atoms with E-state index < -0.39 is 47.2 Å². The molecule has 0 saturated carbocycles. The van der Waals surface area contributed by atoms with Crippen LogP contribution >= 0.6 is 0 Å². The van der Waals surface area contributed by atoms with Crippen LogP contribution in [0, 0.1) is 0 Å². The van der Waals surface area contributed by atoms with E-state index >= 15 is 0 Å². The SMILES string of the molecule is CN(Cc1ccccc1C(F)(F)F)C(=O)c1ccc(C(F)(F)F)[nH]c1=O. The maximum atomic E-state index is 13.0. The Bertz CT molecular complexity index is 870. The third kappa shape index (κ3) is 4.24. The number of aromatic amines is 1. The quantitative estimate of drug-likeness (QED) is 0.829. The Balaban J connectivity index is 2.28. The summed E-state index contributed by atoms with van der Waals surface area (Å²) in [6.45, 7) is -0.477. The van der Waals surface area contributed by atoms with Gasteiger partial charge in [0.05, 0.1) is 5.56 Å². The molecule has 2 aromatic rings. The number of carbonyl (C=O) groups is 1. The summed E-state index contributed by atoms with van der Waals surface area (Å²) in [5.41, 5.74) is -4.37. The Kier molecular flexibility index (Phi) is 5.15. The lowest BCUT2D eigenvalue weighted by molar-refractivity contribution is -0.141. The molecule has 1 N–H and O–H groups in total. The molecule has 0 spiro atoms. The van der Waals surface area contributed by atoms with Crippen LogP contribution in [0.25, 0.3) is 0 Å². The van der Waals surface area contributed by atoms with Crippen molar-refractivity contribution in [2.24, 2.45) is 0 Å². The summed E-state index contributed by atoms with van der Waals surface area (Å²) in [6.07, 6.45) is -9.43. The van der Waals surface area contributed by atoms with E-state index in [0.29, 0.717) is 12.1 Å². The second-order valence-electron chi connectivity index (χ2n) is 5.43. The molecule has 1 heterocycles. The van der Waals surface area contributed by atoms with Crippen molar-refractivity contribution in [3.63, 3.8) is 0 Å². The summed E-state index contributed by atoms with van der Waals surface area (Å²) >= 11 is 0. The van der Waals surface area contributed by atoms with Gasteiger partial charge in [-0.05, 0) is 23.8 Å². The van der Waals surface area contributed by atoms with E-state index in [2.05, 4.69) is 0 Å². The maximum Gasteiger partial charge on any atom is 0.431 e. The molecule has 0 unspecified atom stereocenters. The predicted octanol–water partition coefficient (Wildman–Crippen LogP) is 3.68. The highest BCUT2D eigenvalue weighted by Gasteiger charge is 2.34. The summed E-state index contributed by atoms with van der Waals surface area (Å²) in [7, 11) is 1.15. The third-order valence-corrected chi connectivity index (χ3v) is 3.52. The monoisotopic (exact) mass is 378 g/mol. The molecule has 10 heteroatoms. The first-order valence-corrected chi connectivity index (χ1v) is 7.12. The molecule has 1 aromatic heterocycles. The van der Waals surface area contributed by atoms with Gasteiger partial charge in [-0.1, -0.05) is 18.2 Å². The fourth-order valence-electron chi connectivity index (χ4n) is 2.28. The molecule has 0 atom stereocenters. The fourth-order valence-corrected chi connectivity index (χ4v) is 2.28. The molecular formula is C16H12F6N2O2. The van der Waals surface area contributed by atoms with Gasteiger partial charge < -0.3 is 9.88 Å². The summed E-state index contributed by atoms with van der Waals surface area (Å²) in [5, 5.41) is 0. The first kappa shape index (κ1) is 19.5. The second-order valence-corrected chi connectivity index (χ2v) is 5.43. The van der Waals surface area contributed by atoms with E-state index in [4.69, 9.17) is 0 Å². The Morgan fingerprint density at radius 2 is 1.62 bits per heavy atom. The second kappa shape index (κ2) is 6.85. The van der Waals surface area contributed by atoms with Gasteiger partial charge in [0.25, 0.3) is 11.5 Å². The van der Waals surface area contributed by atoms with Gasteiger partial charge in [0, 0.05) is 13.6 Å². The highest BCUT2D eigenvalue weighted by atomic mass is 19.4. The number of rotatable bonds is 3. The van der Waals surface area contributed by atoms with Crippen molar-refractivity contribution in [3.05, 3.63) is 69.1 Å². The first-order chi connectivity index (χ1) is 11.9. The first-order valence-electron chi connectivity index (χ1n) is 7.12. The average Bonchev–Trinajstić information content (AvgIpc) is 2.52. The number of amides is 1. The molecule has 0 aliphatic heterocycles. The standard InChI is InChI=1S/C16H12F6N2O2/c1-24(8-9-4-2-3-5-11(9)15(17,18)19)14(26)10-6-7-12(16(20,21)22)23-13(10)25/h2-7H,8H2,1H3,(H,23,25). The van der Waals surface area contributed by atoms with Gasteiger partial charge >= 0.3 is 12.4 Å². The van der Waals surface area contributed by atoms with Crippen LogP contribution in [0.3, 0.4) is 0 Å². The van der Waals surface area contributed by atoms with Crippen molar-refractivity contribution in [2.45, 2.75) is 18.9 Å². The largest absolute Gasteiger partial charge is 0.431 e. The number of alkyl halides is 6. The average molecular weight is 378 g/mol. The van der Waals surface area contributed by atoms with E-state index in [9.17, 15) is 35.9 Å². The minimum atomic E-state index is -4.79. The number of benzene rings is 1. The smallest absolute Gasteiger partial charge is 0.337 e. The maximum absolute atomic E-state index is 13.0. The third-order valence-electron chi connectivity index (χ3n) is 3.52. The minimum absolute atomic E-state index is 0.209. The molecule has 1 aromatic carbocycles. The van der Waals surface area contributed by atoms with Crippen molar-refractivity contribution >= 4 is 5.91 Å². The van der Waals surface area contributed by atoms with E-state index in [1.54, 1.807) is 4.98 Å². The number of hydrogen-bond acceptors (Lipinski definition) is 2. The van der Waals surface area contributed by atoms with E-state index in [1.165, 1.54) is 18.2 Å². The molecule has 0 fully saturated rings. The lowest BCUT2D eigenvalue weighted by Crippen LogP contribution is -2.32. The van der Waals surface area contributed by atoms with Crippen LogP contribution in [-0.4, -0.2) is 22.8 Å². The topological polar surface area (TPSA) is 53.2 Å². The molecule has 4 nitrogen and oxygen atoms in total. The van der Waals surface area contributed by atoms with E-state index in [0.717, 1.165) is 18.0 Å². The van der Waals surface area contributed by atoms with Gasteiger partial charge in [0.2, 0.25) is 0 Å². The zero-order valence-electron chi connectivity index (χ0n) is 13.2. The highest BCUT2D eigenvalue weighted by Crippen LogP contribution is 2.32. The molecular weight excluding hydrogens is 366 g/mol. The van der Waals surface area contributed by atoms with Crippen LogP contribution in [-0.2, 0) is 18.9 Å². The zero-order valence-corrected chi connectivity index (χ0v) is 13.2. The van der Waals surface area contributed by atoms with Crippen molar-refractivity contribution in [2.75, 3.05) is 7.05 Å². The summed E-state index contributed by atoms with van der Waals surface area (Å²) in [4.78, 5) is 26.3. The Morgan fingerprint density at radius 3 is 2.15 bits per heavy atom. The Morgan fingerprint density at radius 1 is 1.00 bits per heavy atom. The molecule has 1 amide bonds. The lowest BCUT2D eigenvalue weighted by Gasteiger charge is -2.20. The number of pyridine rings is 1. The Labute approximate surface area is 143 Å². The van der Waals surface area contributed by atoms with Crippen molar-refractivity contribution in [1.29, 1.82) is 0 Å². The molecule has 0 radical (unpaired) electrons. The molecule has 0 saturated heterocycles. The van der Waals surface area contributed by atoms with E-state index in [-0.39, 0.29) is 5.56 Å². The predicted molar refractivity (Wildman–Crippen MR) is 79.3 cm³/mol. The van der Waals surface area contributed by atoms with Crippen LogP contribution in [0.1, 0.15) is 27.2 Å². The van der Waals surface area contributed by atoms with Gasteiger partial charge in [-0.2, -0.15) is 26.3 Å². The van der Waals surface area contributed by atoms with Crippen LogP contribution < -0.4 is 5.56 Å².